The number of anilines is 1. The molecule has 0 radical (unpaired) electrons. The van der Waals surface area contributed by atoms with Gasteiger partial charge in [-0.1, -0.05) is 0 Å². The van der Waals surface area contributed by atoms with Crippen molar-refractivity contribution in [1.82, 2.24) is 24.1 Å². The lowest BCUT2D eigenvalue weighted by atomic mass is 10.2. The largest absolute Gasteiger partial charge is 0.398 e. The first-order chi connectivity index (χ1) is 9.75. The fraction of sp³-hybridized carbons (Fsp3) is 0.214. The van der Waals surface area contributed by atoms with E-state index < -0.39 is 0 Å². The van der Waals surface area contributed by atoms with Crippen molar-refractivity contribution in [2.24, 2.45) is 7.05 Å². The molecule has 3 heterocycles. The van der Waals surface area contributed by atoms with Crippen LogP contribution >= 0.6 is 0 Å². The van der Waals surface area contributed by atoms with Crippen LogP contribution in [0.3, 0.4) is 0 Å². The first-order valence-corrected chi connectivity index (χ1v) is 6.42. The van der Waals surface area contributed by atoms with Crippen LogP contribution in [0.4, 0.5) is 5.69 Å². The summed E-state index contributed by atoms with van der Waals surface area (Å²) in [7, 11) is 2.00. The van der Waals surface area contributed by atoms with Crippen LogP contribution in [-0.4, -0.2) is 24.1 Å². The predicted molar refractivity (Wildman–Crippen MR) is 76.8 cm³/mol. The Labute approximate surface area is 116 Å². The average Bonchev–Trinajstić information content (AvgIpc) is 3.06. The number of pyridine rings is 1. The third-order valence-corrected chi connectivity index (χ3v) is 3.34. The molecule has 0 aliphatic heterocycles. The average molecular weight is 268 g/mol. The highest BCUT2D eigenvalue weighted by Crippen LogP contribution is 2.24. The zero-order chi connectivity index (χ0) is 13.9. The van der Waals surface area contributed by atoms with Crippen LogP contribution in [0.5, 0.6) is 0 Å². The fourth-order valence-corrected chi connectivity index (χ4v) is 2.20. The minimum atomic E-state index is 0.707. The number of nitrogens with two attached hydrogens (primary N) is 1. The van der Waals surface area contributed by atoms with Crippen LogP contribution in [-0.2, 0) is 20.0 Å². The molecule has 0 aliphatic carbocycles. The van der Waals surface area contributed by atoms with Gasteiger partial charge in [0.15, 0.2) is 0 Å². The van der Waals surface area contributed by atoms with Gasteiger partial charge in [-0.15, -0.1) is 0 Å². The van der Waals surface area contributed by atoms with Crippen molar-refractivity contribution < 1.29 is 0 Å². The van der Waals surface area contributed by atoms with Gasteiger partial charge in [0.2, 0.25) is 0 Å². The Balaban J connectivity index is 1.84. The number of nitrogens with zero attached hydrogens (tertiary/aromatic N) is 5. The van der Waals surface area contributed by atoms with Crippen LogP contribution in [0, 0.1) is 0 Å². The Kier molecular flexibility index (Phi) is 3.20. The van der Waals surface area contributed by atoms with Crippen molar-refractivity contribution in [3.63, 3.8) is 0 Å². The molecule has 0 aliphatic rings. The molecule has 3 rings (SSSR count). The second kappa shape index (κ2) is 5.16. The number of aryl methyl sites for hydroxylation is 3. The topological polar surface area (TPSA) is 74.5 Å². The Morgan fingerprint density at radius 3 is 2.85 bits per heavy atom. The van der Waals surface area contributed by atoms with Gasteiger partial charge in [-0.3, -0.25) is 4.98 Å². The summed E-state index contributed by atoms with van der Waals surface area (Å²) in [5.41, 5.74) is 8.59. The van der Waals surface area contributed by atoms with E-state index >= 15 is 0 Å². The second-order valence-corrected chi connectivity index (χ2v) is 4.64. The zero-order valence-corrected chi connectivity index (χ0v) is 11.3. The van der Waals surface area contributed by atoms with E-state index in [1.807, 2.05) is 36.5 Å². The van der Waals surface area contributed by atoms with Gasteiger partial charge in [0, 0.05) is 56.1 Å². The normalized spacial score (nSPS) is 10.8. The highest BCUT2D eigenvalue weighted by atomic mass is 15.1. The Hall–Kier alpha value is -2.63. The van der Waals surface area contributed by atoms with Crippen molar-refractivity contribution in [3.05, 3.63) is 49.2 Å². The van der Waals surface area contributed by atoms with Gasteiger partial charge in [0.05, 0.1) is 18.2 Å². The minimum Gasteiger partial charge on any atom is -0.398 e. The number of imidazole rings is 2. The molecule has 102 valence electrons. The molecule has 6 nitrogen and oxygen atoms in total. The van der Waals surface area contributed by atoms with Crippen molar-refractivity contribution in [2.45, 2.75) is 13.0 Å². The van der Waals surface area contributed by atoms with Crippen LogP contribution in [0.25, 0.3) is 11.3 Å². The van der Waals surface area contributed by atoms with E-state index in [1.165, 1.54) is 0 Å². The highest BCUT2D eigenvalue weighted by molar-refractivity contribution is 5.72. The molecule has 0 bridgehead atoms. The lowest BCUT2D eigenvalue weighted by Crippen LogP contribution is -2.06. The molecule has 0 fully saturated rings. The molecule has 3 aromatic heterocycles. The summed E-state index contributed by atoms with van der Waals surface area (Å²) in [5, 5.41) is 0. The SMILES string of the molecule is Cn1ccnc1CCn1cncc1-c1cnccc1N. The van der Waals surface area contributed by atoms with E-state index in [2.05, 4.69) is 19.5 Å². The van der Waals surface area contributed by atoms with E-state index in [0.29, 0.717) is 5.69 Å². The van der Waals surface area contributed by atoms with Gasteiger partial charge < -0.3 is 14.9 Å². The molecule has 3 aromatic rings. The van der Waals surface area contributed by atoms with E-state index in [0.717, 1.165) is 30.0 Å². The molecular weight excluding hydrogens is 252 g/mol. The van der Waals surface area contributed by atoms with Gasteiger partial charge >= 0.3 is 0 Å². The van der Waals surface area contributed by atoms with Crippen molar-refractivity contribution in [2.75, 3.05) is 5.73 Å². The summed E-state index contributed by atoms with van der Waals surface area (Å²) in [4.78, 5) is 12.7. The van der Waals surface area contributed by atoms with Gasteiger partial charge in [-0.2, -0.15) is 0 Å². The van der Waals surface area contributed by atoms with Crippen LogP contribution < -0.4 is 5.73 Å². The monoisotopic (exact) mass is 268 g/mol. The molecule has 0 aromatic carbocycles. The summed E-state index contributed by atoms with van der Waals surface area (Å²) in [5.74, 6) is 1.05. The summed E-state index contributed by atoms with van der Waals surface area (Å²) >= 11 is 0. The quantitative estimate of drug-likeness (QED) is 0.778. The molecule has 0 atom stereocenters. The Morgan fingerprint density at radius 2 is 2.10 bits per heavy atom. The molecule has 2 N–H and O–H groups in total. The van der Waals surface area contributed by atoms with Crippen molar-refractivity contribution in [3.8, 4) is 11.3 Å². The molecule has 20 heavy (non-hydrogen) atoms. The summed E-state index contributed by atoms with van der Waals surface area (Å²) < 4.78 is 4.09. The number of aromatic nitrogens is 5. The standard InChI is InChI=1S/C14H16N6/c1-19-7-5-18-14(19)3-6-20-10-17-9-13(20)11-8-16-4-2-12(11)15/h2,4-5,7-10H,3,6H2,1H3,(H2,15,16). The number of nitrogen functional groups attached to an aromatic ring is 1. The maximum Gasteiger partial charge on any atom is 0.110 e. The Bertz CT molecular complexity index is 712. The molecule has 0 saturated heterocycles. The smallest absolute Gasteiger partial charge is 0.110 e. The van der Waals surface area contributed by atoms with E-state index in [-0.39, 0.29) is 0 Å². The summed E-state index contributed by atoms with van der Waals surface area (Å²) in [6.45, 7) is 0.800. The lowest BCUT2D eigenvalue weighted by molar-refractivity contribution is 0.654. The minimum absolute atomic E-state index is 0.707. The molecule has 0 saturated carbocycles. The van der Waals surface area contributed by atoms with Gasteiger partial charge in [-0.25, -0.2) is 9.97 Å². The van der Waals surface area contributed by atoms with E-state index in [9.17, 15) is 0 Å². The number of hydrogen-bond acceptors (Lipinski definition) is 4. The third-order valence-electron chi connectivity index (χ3n) is 3.34. The number of rotatable bonds is 4. The van der Waals surface area contributed by atoms with E-state index in [1.54, 1.807) is 18.5 Å². The summed E-state index contributed by atoms with van der Waals surface area (Å²) in [6, 6.07) is 1.80. The van der Waals surface area contributed by atoms with Crippen LogP contribution in [0.2, 0.25) is 0 Å². The van der Waals surface area contributed by atoms with Crippen molar-refractivity contribution in [1.29, 1.82) is 0 Å². The second-order valence-electron chi connectivity index (χ2n) is 4.64. The van der Waals surface area contributed by atoms with E-state index in [4.69, 9.17) is 5.73 Å². The molecule has 6 heteroatoms. The maximum atomic E-state index is 6.00. The van der Waals surface area contributed by atoms with Crippen LogP contribution in [0.1, 0.15) is 5.82 Å². The summed E-state index contributed by atoms with van der Waals surface area (Å²) in [6.07, 6.45) is 11.7. The first kappa shape index (κ1) is 12.4. The zero-order valence-electron chi connectivity index (χ0n) is 11.3. The third kappa shape index (κ3) is 2.27. The van der Waals surface area contributed by atoms with Crippen LogP contribution in [0.15, 0.2) is 43.4 Å². The van der Waals surface area contributed by atoms with Gasteiger partial charge in [0.25, 0.3) is 0 Å². The molecular formula is C14H16N6. The Morgan fingerprint density at radius 1 is 1.20 bits per heavy atom. The van der Waals surface area contributed by atoms with Gasteiger partial charge in [-0.05, 0) is 6.07 Å². The lowest BCUT2D eigenvalue weighted by Gasteiger charge is -2.09. The van der Waals surface area contributed by atoms with Crippen molar-refractivity contribution >= 4 is 5.69 Å². The molecule has 0 amide bonds. The first-order valence-electron chi connectivity index (χ1n) is 6.42. The maximum absolute atomic E-state index is 6.00. The molecule has 0 unspecified atom stereocenters. The fourth-order valence-electron chi connectivity index (χ4n) is 2.20. The predicted octanol–water partition coefficient (Wildman–Crippen LogP) is 1.50. The number of hydrogen-bond donors (Lipinski definition) is 1. The highest BCUT2D eigenvalue weighted by Gasteiger charge is 2.09. The van der Waals surface area contributed by atoms with Gasteiger partial charge in [0.1, 0.15) is 5.82 Å². The molecule has 0 spiro atoms.